The molecule has 0 aliphatic rings. The van der Waals surface area contributed by atoms with Crippen LogP contribution in [0.15, 0.2) is 24.3 Å². The lowest BCUT2D eigenvalue weighted by Crippen LogP contribution is -2.40. The molecule has 0 heterocycles. The van der Waals surface area contributed by atoms with Crippen molar-refractivity contribution in [3.8, 4) is 0 Å². The molecule has 0 fully saturated rings. The highest BCUT2D eigenvalue weighted by atomic mass is 16.6. The van der Waals surface area contributed by atoms with Gasteiger partial charge in [-0.3, -0.25) is 0 Å². The fourth-order valence-corrected chi connectivity index (χ4v) is 1.79. The van der Waals surface area contributed by atoms with Gasteiger partial charge in [-0.1, -0.05) is 25.5 Å². The first-order valence-electron chi connectivity index (χ1n) is 6.11. The van der Waals surface area contributed by atoms with Crippen LogP contribution >= 0.6 is 0 Å². The zero-order valence-electron chi connectivity index (χ0n) is 11.3. The number of rotatable bonds is 6. The Hall–Kier alpha value is -2.37. The van der Waals surface area contributed by atoms with Crippen LogP contribution in [0.4, 0.5) is 0 Å². The van der Waals surface area contributed by atoms with Crippen LogP contribution in [-0.4, -0.2) is 33.7 Å². The van der Waals surface area contributed by atoms with Gasteiger partial charge in [0.1, 0.15) is 0 Å². The molecule has 0 saturated heterocycles. The summed E-state index contributed by atoms with van der Waals surface area (Å²) in [4.78, 5) is 34.2. The average molecular weight is 280 g/mol. The van der Waals surface area contributed by atoms with Crippen molar-refractivity contribution < 1.29 is 29.3 Å². The molecule has 6 nitrogen and oxygen atoms in total. The molecule has 0 spiro atoms. The normalized spacial score (nSPS) is 13.3. The number of benzene rings is 1. The van der Waals surface area contributed by atoms with Crippen molar-refractivity contribution in [2.45, 2.75) is 32.3 Å². The highest BCUT2D eigenvalue weighted by Gasteiger charge is 2.37. The summed E-state index contributed by atoms with van der Waals surface area (Å²) < 4.78 is 5.01. The predicted octanol–water partition coefficient (Wildman–Crippen LogP) is 2.19. The van der Waals surface area contributed by atoms with E-state index in [0.717, 1.165) is 0 Å². The standard InChI is InChI=1S/C14H16O6/c1-3-8-14(2,13(18)19)20-12(17)10-7-5-4-6-9(10)11(15)16/h4-7H,3,8H2,1-2H3,(H,15,16)(H,18,19). The van der Waals surface area contributed by atoms with Gasteiger partial charge in [0.2, 0.25) is 5.60 Å². The van der Waals surface area contributed by atoms with Gasteiger partial charge in [-0.05, 0) is 25.5 Å². The molecule has 2 N–H and O–H groups in total. The van der Waals surface area contributed by atoms with Crippen molar-refractivity contribution in [3.63, 3.8) is 0 Å². The Morgan fingerprint density at radius 1 is 1.15 bits per heavy atom. The summed E-state index contributed by atoms with van der Waals surface area (Å²) in [6.45, 7) is 3.06. The Morgan fingerprint density at radius 3 is 2.15 bits per heavy atom. The van der Waals surface area contributed by atoms with Gasteiger partial charge in [-0.2, -0.15) is 0 Å². The number of carbonyl (C=O) groups excluding carboxylic acids is 1. The van der Waals surface area contributed by atoms with E-state index in [2.05, 4.69) is 0 Å². The first-order chi connectivity index (χ1) is 9.31. The lowest BCUT2D eigenvalue weighted by molar-refractivity contribution is -0.158. The fraction of sp³-hybridized carbons (Fsp3) is 0.357. The van der Waals surface area contributed by atoms with Crippen LogP contribution in [0.1, 0.15) is 47.4 Å². The quantitative estimate of drug-likeness (QED) is 0.774. The minimum Gasteiger partial charge on any atom is -0.478 e. The summed E-state index contributed by atoms with van der Waals surface area (Å²) in [7, 11) is 0. The molecule has 0 aromatic heterocycles. The number of carboxylic acids is 2. The minimum absolute atomic E-state index is 0.142. The number of carbonyl (C=O) groups is 3. The Kier molecular flexibility index (Phi) is 4.85. The van der Waals surface area contributed by atoms with Gasteiger partial charge < -0.3 is 14.9 Å². The minimum atomic E-state index is -1.67. The lowest BCUT2D eigenvalue weighted by Gasteiger charge is -2.24. The van der Waals surface area contributed by atoms with Crippen LogP contribution in [0.2, 0.25) is 0 Å². The molecule has 20 heavy (non-hydrogen) atoms. The molecule has 0 bridgehead atoms. The third kappa shape index (κ3) is 3.34. The van der Waals surface area contributed by atoms with Gasteiger partial charge in [0.15, 0.2) is 0 Å². The molecular weight excluding hydrogens is 264 g/mol. The first-order valence-corrected chi connectivity index (χ1v) is 6.11. The van der Waals surface area contributed by atoms with Crippen molar-refractivity contribution in [2.75, 3.05) is 0 Å². The summed E-state index contributed by atoms with van der Waals surface area (Å²) in [6, 6.07) is 5.51. The van der Waals surface area contributed by atoms with Crippen LogP contribution in [0.5, 0.6) is 0 Å². The van der Waals surface area contributed by atoms with Crippen LogP contribution in [0, 0.1) is 0 Å². The second-order valence-electron chi connectivity index (χ2n) is 4.53. The van der Waals surface area contributed by atoms with E-state index in [4.69, 9.17) is 14.9 Å². The molecule has 0 radical (unpaired) electrons. The van der Waals surface area contributed by atoms with E-state index in [1.807, 2.05) is 0 Å². The second kappa shape index (κ2) is 6.18. The van der Waals surface area contributed by atoms with Crippen LogP contribution in [-0.2, 0) is 9.53 Å². The number of aromatic carboxylic acids is 1. The highest BCUT2D eigenvalue weighted by Crippen LogP contribution is 2.21. The van der Waals surface area contributed by atoms with Gasteiger partial charge in [-0.15, -0.1) is 0 Å². The Balaban J connectivity index is 3.07. The molecule has 1 aromatic rings. The van der Waals surface area contributed by atoms with E-state index in [-0.39, 0.29) is 17.5 Å². The van der Waals surface area contributed by atoms with Gasteiger partial charge in [-0.25, -0.2) is 14.4 Å². The summed E-state index contributed by atoms with van der Waals surface area (Å²) in [6.07, 6.45) is 0.653. The van der Waals surface area contributed by atoms with E-state index in [1.165, 1.54) is 31.2 Å². The zero-order valence-corrected chi connectivity index (χ0v) is 11.3. The van der Waals surface area contributed by atoms with Crippen molar-refractivity contribution >= 4 is 17.9 Å². The number of hydrogen-bond donors (Lipinski definition) is 2. The average Bonchev–Trinajstić information content (AvgIpc) is 2.38. The first kappa shape index (κ1) is 15.7. The Morgan fingerprint density at radius 2 is 1.70 bits per heavy atom. The predicted molar refractivity (Wildman–Crippen MR) is 69.8 cm³/mol. The zero-order chi connectivity index (χ0) is 15.3. The van der Waals surface area contributed by atoms with Crippen molar-refractivity contribution in [2.24, 2.45) is 0 Å². The second-order valence-corrected chi connectivity index (χ2v) is 4.53. The number of aliphatic carboxylic acids is 1. The molecular formula is C14H16O6. The third-order valence-electron chi connectivity index (χ3n) is 2.87. The molecule has 1 atom stereocenters. The van der Waals surface area contributed by atoms with Crippen molar-refractivity contribution in [1.29, 1.82) is 0 Å². The molecule has 0 aliphatic heterocycles. The fourth-order valence-electron chi connectivity index (χ4n) is 1.79. The molecule has 0 saturated carbocycles. The maximum absolute atomic E-state index is 12.0. The summed E-state index contributed by atoms with van der Waals surface area (Å²) in [5.74, 6) is -3.49. The van der Waals surface area contributed by atoms with Crippen LogP contribution in [0.25, 0.3) is 0 Å². The van der Waals surface area contributed by atoms with Gasteiger partial charge >= 0.3 is 17.9 Å². The van der Waals surface area contributed by atoms with E-state index in [0.29, 0.717) is 6.42 Å². The van der Waals surface area contributed by atoms with Crippen LogP contribution in [0.3, 0.4) is 0 Å². The number of hydrogen-bond acceptors (Lipinski definition) is 4. The highest BCUT2D eigenvalue weighted by molar-refractivity contribution is 6.03. The lowest BCUT2D eigenvalue weighted by atomic mass is 10.00. The molecule has 108 valence electrons. The van der Waals surface area contributed by atoms with Crippen molar-refractivity contribution in [1.82, 2.24) is 0 Å². The maximum atomic E-state index is 12.0. The van der Waals surface area contributed by atoms with Crippen molar-refractivity contribution in [3.05, 3.63) is 35.4 Å². The SMILES string of the molecule is CCCC(C)(OC(=O)c1ccccc1C(=O)O)C(=O)O. The monoisotopic (exact) mass is 280 g/mol. The van der Waals surface area contributed by atoms with E-state index >= 15 is 0 Å². The number of ether oxygens (including phenoxy) is 1. The van der Waals surface area contributed by atoms with E-state index in [1.54, 1.807) is 6.92 Å². The number of esters is 1. The summed E-state index contributed by atoms with van der Waals surface area (Å²) in [5, 5.41) is 18.1. The molecule has 0 aliphatic carbocycles. The van der Waals surface area contributed by atoms with Gasteiger partial charge in [0.05, 0.1) is 11.1 Å². The molecule has 1 rings (SSSR count). The Bertz CT molecular complexity index is 536. The van der Waals surface area contributed by atoms with Gasteiger partial charge in [0.25, 0.3) is 0 Å². The Labute approximate surface area is 116 Å². The topological polar surface area (TPSA) is 101 Å². The van der Waals surface area contributed by atoms with E-state index in [9.17, 15) is 14.4 Å². The van der Waals surface area contributed by atoms with Gasteiger partial charge in [0, 0.05) is 0 Å². The van der Waals surface area contributed by atoms with E-state index < -0.39 is 23.5 Å². The summed E-state index contributed by atoms with van der Waals surface area (Å²) in [5.41, 5.74) is -2.05. The molecule has 1 unspecified atom stereocenters. The third-order valence-corrected chi connectivity index (χ3v) is 2.87. The molecule has 0 amide bonds. The maximum Gasteiger partial charge on any atom is 0.347 e. The summed E-state index contributed by atoms with van der Waals surface area (Å²) >= 11 is 0. The largest absolute Gasteiger partial charge is 0.478 e. The number of carboxylic acid groups (broad SMARTS) is 2. The van der Waals surface area contributed by atoms with Crippen LogP contribution < -0.4 is 0 Å². The molecule has 1 aromatic carbocycles. The molecule has 6 heteroatoms. The smallest absolute Gasteiger partial charge is 0.347 e.